The molecule has 21 nitrogen and oxygen atoms in total. The van der Waals surface area contributed by atoms with Crippen molar-refractivity contribution in [1.82, 2.24) is 57.9 Å². The highest BCUT2D eigenvalue weighted by Gasteiger charge is 2.52. The molecule has 4 saturated heterocycles. The van der Waals surface area contributed by atoms with Crippen LogP contribution in [0.1, 0.15) is 202 Å². The molecule has 4 amide bonds. The van der Waals surface area contributed by atoms with Gasteiger partial charge in [-0.15, -0.1) is 0 Å². The second-order valence-electron chi connectivity index (χ2n) is 36.8. The Morgan fingerprint density at radius 2 is 0.954 bits per heavy atom. The number of alkyl halides is 6. The fourth-order valence-corrected chi connectivity index (χ4v) is 20.9. The molecular weight excluding hydrogens is 1690 g/mol. The van der Waals surface area contributed by atoms with E-state index in [-0.39, 0.29) is 83.9 Å². The molecule has 0 unspecified atom stereocenters. The van der Waals surface area contributed by atoms with Gasteiger partial charge in [0.05, 0.1) is 55.9 Å². The van der Waals surface area contributed by atoms with E-state index in [1.807, 2.05) is 183 Å². The van der Waals surface area contributed by atoms with Crippen LogP contribution in [0.5, 0.6) is 17.2 Å². The molecular formula is C101H116ClF7N12O9. The molecule has 8 aliphatic heterocycles. The number of hydrogen-bond acceptors (Lipinski definition) is 13. The minimum absolute atomic E-state index is 0. The number of nitrogens with zero attached hydrogens (tertiary/aromatic N) is 11. The lowest BCUT2D eigenvalue weighted by atomic mass is 9.81. The van der Waals surface area contributed by atoms with Gasteiger partial charge in [-0.3, -0.25) is 43.5 Å². The number of likely N-dealkylation sites (tertiary alicyclic amines) is 4. The van der Waals surface area contributed by atoms with Gasteiger partial charge in [-0.25, -0.2) is 4.39 Å². The van der Waals surface area contributed by atoms with Gasteiger partial charge in [-0.2, -0.15) is 26.3 Å². The number of fused-ring (bicyclic) bond motifs is 8. The standard InChI is InChI=1S/C28H31N3O3.C25H24F3N3O.C25H33N3O3.C23H26ClF4N3O2.H2/c1-21(32)25-12-13-26-28(29(2)18-19-31(25)26)14-16-30(17-15-28)27(33)23-8-10-24(11-9-23)34-20-22-6-4-3-5-7-22;26-25(27,28)22-11-10-21-24(29-14-17-31(21)22)12-15-30(16-13-24)23(32)20-9-5-4-8-19(20)18-6-2-1-3-7-18;1-17-16-18(6-8-20(17)29)23(31)27-12-10-25(11-13-27)21-9-7-19(22(30)24(2,3)4)28(21)15-14-26(25)5;1-14(2)33-15-4-5-16(18(25)12-15)21(32)30-8-6-22(7-9-30)20-17(24)13-19(23(26,27)28)31(20)11-10-29(22)3;/h3-13H,14-20H2,1-2H3;1-11,29H,12-17H2;6-9,16,29H,10-15H2,1-5H3;4-5,12-14H,6-11H2,1-3H3;1H. The Hall–Kier alpha value is -11.3. The van der Waals surface area contributed by atoms with Gasteiger partial charge in [-0.05, 0) is 219 Å². The molecule has 0 atom stereocenters. The first kappa shape index (κ1) is 93.4. The predicted octanol–water partition coefficient (Wildman–Crippen LogP) is 18.5. The van der Waals surface area contributed by atoms with Crippen LogP contribution < -0.4 is 14.8 Å². The number of rotatable bonds is 12. The van der Waals surface area contributed by atoms with Crippen molar-refractivity contribution in [3.8, 4) is 28.4 Å². The van der Waals surface area contributed by atoms with Gasteiger partial charge in [0.15, 0.2) is 11.6 Å². The average Bonchev–Trinajstić information content (AvgIpc) is 1.43. The minimum atomic E-state index is -4.50. The number of phenolic OH excluding ortho intramolecular Hbond substituents is 1. The maximum Gasteiger partial charge on any atom is 0.431 e. The molecule has 6 aromatic carbocycles. The van der Waals surface area contributed by atoms with Crippen LogP contribution in [0.4, 0.5) is 30.7 Å². The Bertz CT molecular complexity index is 5810. The third kappa shape index (κ3) is 18.6. The Balaban J connectivity index is 0.000000140. The number of piperidine rings is 4. The number of carbonyl (C=O) groups excluding carboxylic acids is 6. The maximum atomic E-state index is 14.6. The summed E-state index contributed by atoms with van der Waals surface area (Å²) >= 11 is 6.33. The molecule has 29 heteroatoms. The zero-order chi connectivity index (χ0) is 92.7. The third-order valence-corrected chi connectivity index (χ3v) is 28.1. The first-order valence-electron chi connectivity index (χ1n) is 44.8. The monoisotopic (exact) mass is 1810 g/mol. The Morgan fingerprint density at radius 3 is 1.50 bits per heavy atom. The van der Waals surface area contributed by atoms with Gasteiger partial charge in [-0.1, -0.05) is 111 Å². The molecule has 0 saturated carbocycles. The zero-order valence-electron chi connectivity index (χ0n) is 75.3. The van der Waals surface area contributed by atoms with Crippen molar-refractivity contribution in [3.63, 3.8) is 0 Å². The maximum absolute atomic E-state index is 14.6. The minimum Gasteiger partial charge on any atom is -0.508 e. The summed E-state index contributed by atoms with van der Waals surface area (Å²) in [5.41, 5.74) is 7.39. The van der Waals surface area contributed by atoms with Crippen molar-refractivity contribution < 1.29 is 75.5 Å². The van der Waals surface area contributed by atoms with Gasteiger partial charge in [0, 0.05) is 158 Å². The predicted molar refractivity (Wildman–Crippen MR) is 486 cm³/mol. The summed E-state index contributed by atoms with van der Waals surface area (Å²) < 4.78 is 114. The van der Waals surface area contributed by atoms with Gasteiger partial charge in [0.25, 0.3) is 23.6 Å². The summed E-state index contributed by atoms with van der Waals surface area (Å²) in [4.78, 5) is 91.8. The van der Waals surface area contributed by atoms with E-state index < -0.39 is 52.0 Å². The normalized spacial score (nSPS) is 18.2. The van der Waals surface area contributed by atoms with E-state index in [0.717, 1.165) is 91.8 Å². The fourth-order valence-electron chi connectivity index (χ4n) is 20.6. The van der Waals surface area contributed by atoms with Crippen LogP contribution in [0.3, 0.4) is 0 Å². The molecule has 10 aromatic rings. The summed E-state index contributed by atoms with van der Waals surface area (Å²) in [5, 5.41) is 13.3. The SMILES string of the molecule is CC(=O)c1ccc2n1CCN(C)C21CCN(C(=O)c2ccc(OCc3ccccc3)cc2)CC1.CC(C)Oc1ccc(C(=O)N2CCC3(CC2)c2c(Cl)cc(C(F)(F)F)n2CCN3C)c(F)c1.Cc1cc(C(=O)N2CCC3(CC2)c2ccc(C(=O)C(C)(C)C)n2CCN3C)ccc1O.O=C(c1ccccc1-c1ccccc1)N1CCC2(CC1)NCCn1c(C(F)(F)F)ccc12.[HH]. The lowest BCUT2D eigenvalue weighted by molar-refractivity contribution is -0.145. The van der Waals surface area contributed by atoms with E-state index >= 15 is 0 Å². The number of aromatic hydroxyl groups is 1. The van der Waals surface area contributed by atoms with E-state index in [4.69, 9.17) is 21.1 Å². The van der Waals surface area contributed by atoms with Crippen molar-refractivity contribution in [1.29, 1.82) is 0 Å². The number of benzene rings is 6. The number of carbonyl (C=O) groups is 6. The van der Waals surface area contributed by atoms with Gasteiger partial charge < -0.3 is 57.8 Å². The molecule has 130 heavy (non-hydrogen) atoms. The number of halogens is 8. The van der Waals surface area contributed by atoms with Crippen molar-refractivity contribution in [2.75, 3.05) is 99.7 Å². The number of hydrogen-bond donors (Lipinski definition) is 2. The highest BCUT2D eigenvalue weighted by atomic mass is 35.5. The quantitative estimate of drug-likeness (QED) is 0.0867. The van der Waals surface area contributed by atoms with Crippen LogP contribution in [0.2, 0.25) is 5.02 Å². The van der Waals surface area contributed by atoms with Crippen molar-refractivity contribution >= 4 is 46.8 Å². The lowest BCUT2D eigenvalue weighted by Gasteiger charge is -2.50. The number of Topliss-reactive ketones (excluding diaryl/α,β-unsaturated/α-hetero) is 2. The molecule has 690 valence electrons. The van der Waals surface area contributed by atoms with E-state index in [1.54, 1.807) is 49.1 Å². The topological polar surface area (TPSA) is 196 Å². The summed E-state index contributed by atoms with van der Waals surface area (Å²) in [6.45, 7) is 22.5. The number of likely N-dealkylation sites (N-methyl/N-ethyl adjacent to an activating group) is 3. The van der Waals surface area contributed by atoms with E-state index in [0.29, 0.717) is 131 Å². The molecule has 12 heterocycles. The molecule has 4 fully saturated rings. The molecule has 8 aliphatic rings. The third-order valence-electron chi connectivity index (χ3n) is 27.8. The molecule has 18 rings (SSSR count). The fraction of sp³-hybridized carbons (Fsp3) is 0.426. The molecule has 4 aromatic heterocycles. The van der Waals surface area contributed by atoms with Crippen LogP contribution in [-0.4, -0.2) is 199 Å². The smallest absolute Gasteiger partial charge is 0.431 e. The van der Waals surface area contributed by atoms with Crippen LogP contribution in [-0.2, 0) is 67.3 Å². The Labute approximate surface area is 760 Å². The summed E-state index contributed by atoms with van der Waals surface area (Å²) in [7, 11) is 6.18. The van der Waals surface area contributed by atoms with Crippen molar-refractivity contribution in [2.24, 2.45) is 5.41 Å². The summed E-state index contributed by atoms with van der Waals surface area (Å²) in [5.74, 6) is 0.497. The van der Waals surface area contributed by atoms with Crippen LogP contribution in [0.25, 0.3) is 11.1 Å². The van der Waals surface area contributed by atoms with Crippen molar-refractivity contribution in [3.05, 3.63) is 278 Å². The molecule has 0 aliphatic carbocycles. The average molecular weight is 1810 g/mol. The lowest BCUT2D eigenvalue weighted by Crippen LogP contribution is -2.57. The molecule has 4 spiro atoms. The van der Waals surface area contributed by atoms with E-state index in [2.05, 4.69) is 50.5 Å². The number of ketones is 2. The number of nitrogens with one attached hydrogen (secondary N) is 1. The Morgan fingerprint density at radius 1 is 0.477 bits per heavy atom. The number of aromatic nitrogens is 4. The van der Waals surface area contributed by atoms with Crippen LogP contribution in [0.15, 0.2) is 188 Å². The summed E-state index contributed by atoms with van der Waals surface area (Å²) in [6, 6.07) is 56.0. The van der Waals surface area contributed by atoms with Gasteiger partial charge in [0.2, 0.25) is 0 Å². The number of amides is 4. The van der Waals surface area contributed by atoms with E-state index in [1.165, 1.54) is 38.7 Å². The van der Waals surface area contributed by atoms with Gasteiger partial charge >= 0.3 is 12.4 Å². The van der Waals surface area contributed by atoms with Gasteiger partial charge in [0.1, 0.15) is 41.1 Å². The number of phenols is 1. The highest BCUT2D eigenvalue weighted by Crippen LogP contribution is 2.50. The number of ether oxygens (including phenoxy) is 2. The van der Waals surface area contributed by atoms with Crippen LogP contribution in [0, 0.1) is 18.2 Å². The van der Waals surface area contributed by atoms with Crippen LogP contribution >= 0.6 is 11.6 Å². The molecule has 0 bridgehead atoms. The van der Waals surface area contributed by atoms with Crippen molar-refractivity contribution in [2.45, 2.75) is 173 Å². The zero-order valence-corrected chi connectivity index (χ0v) is 76.1. The second kappa shape index (κ2) is 37.5. The first-order valence-corrected chi connectivity index (χ1v) is 45.2. The molecule has 2 N–H and O–H groups in total. The first-order chi connectivity index (χ1) is 61.8. The summed E-state index contributed by atoms with van der Waals surface area (Å²) in [6.07, 6.45) is -3.67. The Kier molecular flexibility index (Phi) is 26.9. The van der Waals surface area contributed by atoms with E-state index in [9.17, 15) is 64.6 Å². The molecule has 0 radical (unpaired) electrons. The largest absolute Gasteiger partial charge is 0.508 e. The highest BCUT2D eigenvalue weighted by molar-refractivity contribution is 6.31. The number of aryl methyl sites for hydroxylation is 1. The second-order valence-corrected chi connectivity index (χ2v) is 37.2.